The smallest absolute Gasteiger partial charge is 0.360 e. The first kappa shape index (κ1) is 13.8. The maximum Gasteiger partial charge on any atom is 0.405 e. The SMILES string of the molecule is CC(C)N(CC(F)(F)F)c1ccccc1CN. The second kappa shape index (κ2) is 5.40. The summed E-state index contributed by atoms with van der Waals surface area (Å²) in [6.45, 7) is 2.75. The number of alkyl halides is 3. The minimum atomic E-state index is -4.22. The molecule has 0 aliphatic carbocycles. The average Bonchev–Trinajstić information content (AvgIpc) is 2.24. The Kier molecular flexibility index (Phi) is 4.40. The summed E-state index contributed by atoms with van der Waals surface area (Å²) in [4.78, 5) is 1.32. The van der Waals surface area contributed by atoms with E-state index in [2.05, 4.69) is 0 Å². The van der Waals surface area contributed by atoms with Gasteiger partial charge in [0, 0.05) is 18.3 Å². The van der Waals surface area contributed by atoms with E-state index in [1.807, 2.05) is 0 Å². The highest BCUT2D eigenvalue weighted by Crippen LogP contribution is 2.26. The Morgan fingerprint density at radius 1 is 1.24 bits per heavy atom. The van der Waals surface area contributed by atoms with Gasteiger partial charge in [-0.2, -0.15) is 13.2 Å². The van der Waals surface area contributed by atoms with Crippen LogP contribution in [0.4, 0.5) is 18.9 Å². The Morgan fingerprint density at radius 3 is 2.29 bits per heavy atom. The van der Waals surface area contributed by atoms with Crippen LogP contribution in [0.1, 0.15) is 19.4 Å². The fraction of sp³-hybridized carbons (Fsp3) is 0.500. The van der Waals surface area contributed by atoms with E-state index in [0.717, 1.165) is 5.56 Å². The molecule has 0 amide bonds. The monoisotopic (exact) mass is 246 g/mol. The van der Waals surface area contributed by atoms with Crippen LogP contribution in [0.25, 0.3) is 0 Å². The van der Waals surface area contributed by atoms with Gasteiger partial charge in [0.2, 0.25) is 0 Å². The molecule has 5 heteroatoms. The van der Waals surface area contributed by atoms with E-state index >= 15 is 0 Å². The quantitative estimate of drug-likeness (QED) is 0.885. The van der Waals surface area contributed by atoms with Crippen LogP contribution in [-0.4, -0.2) is 18.8 Å². The number of benzene rings is 1. The molecule has 0 bridgehead atoms. The normalized spacial score (nSPS) is 11.9. The minimum absolute atomic E-state index is 0.232. The Labute approximate surface area is 99.2 Å². The number of hydrogen-bond donors (Lipinski definition) is 1. The van der Waals surface area contributed by atoms with Crippen LogP contribution in [0.15, 0.2) is 24.3 Å². The number of anilines is 1. The lowest BCUT2D eigenvalue weighted by molar-refractivity contribution is -0.120. The van der Waals surface area contributed by atoms with E-state index in [0.29, 0.717) is 5.69 Å². The Bertz CT molecular complexity index is 361. The van der Waals surface area contributed by atoms with Crippen molar-refractivity contribution in [2.24, 2.45) is 5.73 Å². The molecule has 0 spiro atoms. The highest BCUT2D eigenvalue weighted by molar-refractivity contribution is 5.54. The van der Waals surface area contributed by atoms with Crippen molar-refractivity contribution in [1.82, 2.24) is 0 Å². The summed E-state index contributed by atoms with van der Waals surface area (Å²) in [7, 11) is 0. The van der Waals surface area contributed by atoms with Crippen LogP contribution in [0.3, 0.4) is 0 Å². The van der Waals surface area contributed by atoms with E-state index in [9.17, 15) is 13.2 Å². The van der Waals surface area contributed by atoms with Crippen molar-refractivity contribution >= 4 is 5.69 Å². The summed E-state index contributed by atoms with van der Waals surface area (Å²) in [5.74, 6) is 0. The molecular formula is C12H17F3N2. The third-order valence-electron chi connectivity index (χ3n) is 2.49. The summed E-state index contributed by atoms with van der Waals surface area (Å²) in [6.07, 6.45) is -4.22. The predicted octanol–water partition coefficient (Wildman–Crippen LogP) is 2.92. The lowest BCUT2D eigenvalue weighted by Crippen LogP contribution is -2.39. The van der Waals surface area contributed by atoms with Gasteiger partial charge in [-0.3, -0.25) is 0 Å². The van der Waals surface area contributed by atoms with Crippen LogP contribution in [0, 0.1) is 0 Å². The van der Waals surface area contributed by atoms with Gasteiger partial charge in [0.1, 0.15) is 6.54 Å². The van der Waals surface area contributed by atoms with E-state index in [-0.39, 0.29) is 12.6 Å². The first-order chi connectivity index (χ1) is 7.85. The molecule has 1 rings (SSSR count). The van der Waals surface area contributed by atoms with E-state index in [1.165, 1.54) is 4.90 Å². The maximum atomic E-state index is 12.5. The van der Waals surface area contributed by atoms with Crippen molar-refractivity contribution in [3.63, 3.8) is 0 Å². The topological polar surface area (TPSA) is 29.3 Å². The van der Waals surface area contributed by atoms with Crippen molar-refractivity contribution in [1.29, 1.82) is 0 Å². The minimum Gasteiger partial charge on any atom is -0.360 e. The molecule has 17 heavy (non-hydrogen) atoms. The van der Waals surface area contributed by atoms with Gasteiger partial charge in [-0.15, -0.1) is 0 Å². The molecule has 0 saturated heterocycles. The molecule has 0 atom stereocenters. The summed E-state index contributed by atoms with van der Waals surface area (Å²) in [5, 5.41) is 0. The molecule has 0 aromatic heterocycles. The van der Waals surface area contributed by atoms with Gasteiger partial charge >= 0.3 is 6.18 Å². The maximum absolute atomic E-state index is 12.5. The van der Waals surface area contributed by atoms with Gasteiger partial charge in [-0.1, -0.05) is 18.2 Å². The Balaban J connectivity index is 3.05. The summed E-state index contributed by atoms with van der Waals surface area (Å²) in [6, 6.07) is 6.69. The number of para-hydroxylation sites is 1. The third-order valence-corrected chi connectivity index (χ3v) is 2.49. The average molecular weight is 246 g/mol. The molecule has 1 aromatic rings. The number of halogens is 3. The fourth-order valence-electron chi connectivity index (χ4n) is 1.70. The van der Waals surface area contributed by atoms with Crippen LogP contribution in [0.2, 0.25) is 0 Å². The standard InChI is InChI=1S/C12H17F3N2/c1-9(2)17(8-12(13,14)15)11-6-4-3-5-10(11)7-16/h3-6,9H,7-8,16H2,1-2H3. The lowest BCUT2D eigenvalue weighted by atomic mass is 10.1. The zero-order chi connectivity index (χ0) is 13.1. The number of rotatable bonds is 4. The van der Waals surface area contributed by atoms with Crippen LogP contribution < -0.4 is 10.6 Å². The van der Waals surface area contributed by atoms with Crippen molar-refractivity contribution in [2.45, 2.75) is 32.6 Å². The molecule has 96 valence electrons. The number of nitrogens with zero attached hydrogens (tertiary/aromatic N) is 1. The summed E-state index contributed by atoms with van der Waals surface area (Å²) in [5.41, 5.74) is 6.83. The van der Waals surface area contributed by atoms with Crippen molar-refractivity contribution in [3.8, 4) is 0 Å². The van der Waals surface area contributed by atoms with Crippen molar-refractivity contribution in [2.75, 3.05) is 11.4 Å². The van der Waals surface area contributed by atoms with E-state index < -0.39 is 12.7 Å². The van der Waals surface area contributed by atoms with Gasteiger partial charge in [-0.05, 0) is 25.5 Å². The van der Waals surface area contributed by atoms with Crippen LogP contribution >= 0.6 is 0 Å². The summed E-state index contributed by atoms with van der Waals surface area (Å²) >= 11 is 0. The largest absolute Gasteiger partial charge is 0.405 e. The molecular weight excluding hydrogens is 229 g/mol. The third kappa shape index (κ3) is 3.93. The van der Waals surface area contributed by atoms with Crippen molar-refractivity contribution in [3.05, 3.63) is 29.8 Å². The van der Waals surface area contributed by atoms with Crippen LogP contribution in [0.5, 0.6) is 0 Å². The van der Waals surface area contributed by atoms with E-state index in [4.69, 9.17) is 5.73 Å². The number of nitrogens with two attached hydrogens (primary N) is 1. The van der Waals surface area contributed by atoms with Crippen molar-refractivity contribution < 1.29 is 13.2 Å². The Hall–Kier alpha value is -1.23. The van der Waals surface area contributed by atoms with Gasteiger partial charge in [0.25, 0.3) is 0 Å². The molecule has 0 heterocycles. The number of hydrogen-bond acceptors (Lipinski definition) is 2. The summed E-state index contributed by atoms with van der Waals surface area (Å²) < 4.78 is 37.5. The van der Waals surface area contributed by atoms with Gasteiger partial charge in [0.05, 0.1) is 0 Å². The van der Waals surface area contributed by atoms with Crippen LogP contribution in [-0.2, 0) is 6.54 Å². The molecule has 2 N–H and O–H groups in total. The van der Waals surface area contributed by atoms with Gasteiger partial charge in [0.15, 0.2) is 0 Å². The molecule has 2 nitrogen and oxygen atoms in total. The molecule has 1 aromatic carbocycles. The second-order valence-electron chi connectivity index (χ2n) is 4.17. The van der Waals surface area contributed by atoms with Gasteiger partial charge in [-0.25, -0.2) is 0 Å². The molecule has 0 aliphatic heterocycles. The molecule has 0 saturated carbocycles. The zero-order valence-corrected chi connectivity index (χ0v) is 9.96. The highest BCUT2D eigenvalue weighted by Gasteiger charge is 2.32. The first-order valence-corrected chi connectivity index (χ1v) is 5.46. The molecule has 0 aliphatic rings. The fourth-order valence-corrected chi connectivity index (χ4v) is 1.70. The van der Waals surface area contributed by atoms with Gasteiger partial charge < -0.3 is 10.6 Å². The zero-order valence-electron chi connectivity index (χ0n) is 9.96. The molecule has 0 fully saturated rings. The molecule has 0 unspecified atom stereocenters. The predicted molar refractivity (Wildman–Crippen MR) is 62.9 cm³/mol. The molecule has 0 radical (unpaired) electrons. The first-order valence-electron chi connectivity index (χ1n) is 5.46. The van der Waals surface area contributed by atoms with E-state index in [1.54, 1.807) is 38.1 Å². The Morgan fingerprint density at radius 2 is 1.82 bits per heavy atom. The highest BCUT2D eigenvalue weighted by atomic mass is 19.4. The second-order valence-corrected chi connectivity index (χ2v) is 4.17. The lowest BCUT2D eigenvalue weighted by Gasteiger charge is -2.31.